The average molecular weight is 297 g/mol. The van der Waals surface area contributed by atoms with Gasteiger partial charge < -0.3 is 8.98 Å². The second kappa shape index (κ2) is 6.47. The lowest BCUT2D eigenvalue weighted by atomic mass is 10.2. The van der Waals surface area contributed by atoms with Crippen LogP contribution < -0.4 is 5.32 Å². The van der Waals surface area contributed by atoms with Gasteiger partial charge >= 0.3 is 0 Å². The summed E-state index contributed by atoms with van der Waals surface area (Å²) < 4.78 is 7.30. The molecule has 5 heteroatoms. The van der Waals surface area contributed by atoms with E-state index in [0.29, 0.717) is 18.8 Å². The van der Waals surface area contributed by atoms with E-state index in [1.165, 1.54) is 0 Å². The number of nitrogens with one attached hydrogen (secondary N) is 1. The fourth-order valence-corrected chi connectivity index (χ4v) is 2.50. The Morgan fingerprint density at radius 2 is 2.14 bits per heavy atom. The number of hydrogen-bond acceptors (Lipinski definition) is 3. The number of nitrogens with zero attached hydrogens (tertiary/aromatic N) is 2. The van der Waals surface area contributed by atoms with Crippen molar-refractivity contribution in [2.75, 3.05) is 5.32 Å². The second-order valence-corrected chi connectivity index (χ2v) is 5.20. The summed E-state index contributed by atoms with van der Waals surface area (Å²) >= 11 is 0. The molecular formula is C17H19N3O2. The Morgan fingerprint density at radius 1 is 1.27 bits per heavy atom. The number of rotatable bonds is 6. The first kappa shape index (κ1) is 14.4. The number of amides is 1. The first-order valence-corrected chi connectivity index (χ1v) is 7.55. The molecule has 0 spiro atoms. The first-order valence-electron chi connectivity index (χ1n) is 7.55. The van der Waals surface area contributed by atoms with Crippen LogP contribution in [0.3, 0.4) is 0 Å². The van der Waals surface area contributed by atoms with Crippen LogP contribution in [0.5, 0.6) is 0 Å². The van der Waals surface area contributed by atoms with Gasteiger partial charge in [-0.2, -0.15) is 0 Å². The van der Waals surface area contributed by atoms with Gasteiger partial charge in [0.1, 0.15) is 5.76 Å². The highest BCUT2D eigenvalue weighted by atomic mass is 16.3. The van der Waals surface area contributed by atoms with Crippen LogP contribution >= 0.6 is 0 Å². The molecule has 5 nitrogen and oxygen atoms in total. The lowest BCUT2D eigenvalue weighted by Crippen LogP contribution is -2.16. The molecule has 2 heterocycles. The number of para-hydroxylation sites is 2. The number of fused-ring (bicyclic) bond motifs is 1. The smallest absolute Gasteiger partial charge is 0.227 e. The van der Waals surface area contributed by atoms with Gasteiger partial charge in [0.15, 0.2) is 0 Å². The molecule has 1 amide bonds. The van der Waals surface area contributed by atoms with Gasteiger partial charge in [-0.25, -0.2) is 4.98 Å². The SMILES string of the molecule is CCCn1c(NC(=O)CCc2ccco2)nc2ccccc21. The van der Waals surface area contributed by atoms with E-state index < -0.39 is 0 Å². The molecule has 0 saturated carbocycles. The fourth-order valence-electron chi connectivity index (χ4n) is 2.50. The van der Waals surface area contributed by atoms with Gasteiger partial charge in [0.2, 0.25) is 11.9 Å². The molecule has 22 heavy (non-hydrogen) atoms. The Bertz CT molecular complexity index is 759. The molecule has 3 aromatic rings. The summed E-state index contributed by atoms with van der Waals surface area (Å²) in [5.41, 5.74) is 1.95. The highest BCUT2D eigenvalue weighted by molar-refractivity contribution is 5.91. The number of anilines is 1. The molecule has 1 N–H and O–H groups in total. The summed E-state index contributed by atoms with van der Waals surface area (Å²) in [6.07, 6.45) is 3.57. The van der Waals surface area contributed by atoms with Gasteiger partial charge in [0.05, 0.1) is 17.3 Å². The van der Waals surface area contributed by atoms with E-state index in [0.717, 1.165) is 29.8 Å². The molecule has 0 radical (unpaired) electrons. The van der Waals surface area contributed by atoms with Crippen molar-refractivity contribution >= 4 is 22.9 Å². The minimum Gasteiger partial charge on any atom is -0.469 e. The topological polar surface area (TPSA) is 60.1 Å². The van der Waals surface area contributed by atoms with E-state index in [9.17, 15) is 4.79 Å². The number of imidazole rings is 1. The minimum absolute atomic E-state index is 0.0518. The largest absolute Gasteiger partial charge is 0.469 e. The van der Waals surface area contributed by atoms with Gasteiger partial charge in [-0.15, -0.1) is 0 Å². The number of aromatic nitrogens is 2. The second-order valence-electron chi connectivity index (χ2n) is 5.20. The zero-order chi connectivity index (χ0) is 15.4. The lowest BCUT2D eigenvalue weighted by molar-refractivity contribution is -0.116. The van der Waals surface area contributed by atoms with Crippen molar-refractivity contribution in [1.82, 2.24) is 9.55 Å². The van der Waals surface area contributed by atoms with Crippen molar-refractivity contribution in [2.45, 2.75) is 32.7 Å². The molecule has 0 aliphatic rings. The van der Waals surface area contributed by atoms with Crippen molar-refractivity contribution in [3.63, 3.8) is 0 Å². The Labute approximate surface area is 129 Å². The molecule has 3 rings (SSSR count). The van der Waals surface area contributed by atoms with Crippen molar-refractivity contribution in [2.24, 2.45) is 0 Å². The number of carbonyl (C=O) groups is 1. The summed E-state index contributed by atoms with van der Waals surface area (Å²) in [7, 11) is 0. The van der Waals surface area contributed by atoms with Crippen LogP contribution in [0.1, 0.15) is 25.5 Å². The average Bonchev–Trinajstić information content (AvgIpc) is 3.14. The van der Waals surface area contributed by atoms with Crippen molar-refractivity contribution in [3.8, 4) is 0 Å². The van der Waals surface area contributed by atoms with Crippen LogP contribution in [0.2, 0.25) is 0 Å². The molecule has 0 atom stereocenters. The van der Waals surface area contributed by atoms with Gasteiger partial charge in [0, 0.05) is 19.4 Å². The highest BCUT2D eigenvalue weighted by Gasteiger charge is 2.12. The van der Waals surface area contributed by atoms with Gasteiger partial charge in [-0.1, -0.05) is 19.1 Å². The van der Waals surface area contributed by atoms with Crippen LogP contribution in [-0.4, -0.2) is 15.5 Å². The van der Waals surface area contributed by atoms with Crippen molar-refractivity contribution in [1.29, 1.82) is 0 Å². The molecule has 0 unspecified atom stereocenters. The van der Waals surface area contributed by atoms with Gasteiger partial charge in [-0.3, -0.25) is 10.1 Å². The van der Waals surface area contributed by atoms with E-state index in [2.05, 4.69) is 21.8 Å². The summed E-state index contributed by atoms with van der Waals surface area (Å²) in [6, 6.07) is 11.6. The van der Waals surface area contributed by atoms with Gasteiger partial charge in [0.25, 0.3) is 0 Å². The molecule has 0 aliphatic carbocycles. The van der Waals surface area contributed by atoms with Crippen LogP contribution in [0.25, 0.3) is 11.0 Å². The summed E-state index contributed by atoms with van der Waals surface area (Å²) in [4.78, 5) is 16.7. The van der Waals surface area contributed by atoms with E-state index in [1.54, 1.807) is 6.26 Å². The van der Waals surface area contributed by atoms with Crippen molar-refractivity contribution < 1.29 is 9.21 Å². The molecule has 0 saturated heterocycles. The third-order valence-corrected chi connectivity index (χ3v) is 3.53. The van der Waals surface area contributed by atoms with Crippen LogP contribution in [0.15, 0.2) is 47.1 Å². The monoisotopic (exact) mass is 297 g/mol. The maximum Gasteiger partial charge on any atom is 0.227 e. The molecular weight excluding hydrogens is 278 g/mol. The standard InChI is InChI=1S/C17H19N3O2/c1-2-11-20-15-8-4-3-7-14(15)18-17(20)19-16(21)10-9-13-6-5-12-22-13/h3-8,12H,2,9-11H2,1H3,(H,18,19,21). The lowest BCUT2D eigenvalue weighted by Gasteiger charge is -2.08. The molecule has 114 valence electrons. The quantitative estimate of drug-likeness (QED) is 0.756. The van der Waals surface area contributed by atoms with E-state index in [1.807, 2.05) is 36.4 Å². The summed E-state index contributed by atoms with van der Waals surface area (Å²) in [5, 5.41) is 2.92. The maximum absolute atomic E-state index is 12.1. The summed E-state index contributed by atoms with van der Waals surface area (Å²) in [5.74, 6) is 1.38. The first-order chi connectivity index (χ1) is 10.8. The molecule has 2 aromatic heterocycles. The van der Waals surface area contributed by atoms with Crippen LogP contribution in [0, 0.1) is 0 Å². The van der Waals surface area contributed by atoms with E-state index >= 15 is 0 Å². The van der Waals surface area contributed by atoms with Crippen LogP contribution in [-0.2, 0) is 17.8 Å². The molecule has 0 aliphatic heterocycles. The normalized spacial score (nSPS) is 11.0. The van der Waals surface area contributed by atoms with E-state index in [-0.39, 0.29) is 5.91 Å². The number of carbonyl (C=O) groups excluding carboxylic acids is 1. The number of hydrogen-bond donors (Lipinski definition) is 1. The Kier molecular flexibility index (Phi) is 4.23. The zero-order valence-corrected chi connectivity index (χ0v) is 12.6. The Morgan fingerprint density at radius 3 is 2.91 bits per heavy atom. The molecule has 0 fully saturated rings. The minimum atomic E-state index is -0.0518. The number of furan rings is 1. The maximum atomic E-state index is 12.1. The zero-order valence-electron chi connectivity index (χ0n) is 12.6. The van der Waals surface area contributed by atoms with Gasteiger partial charge in [-0.05, 0) is 30.7 Å². The number of benzene rings is 1. The van der Waals surface area contributed by atoms with Crippen LogP contribution in [0.4, 0.5) is 5.95 Å². The molecule has 1 aromatic carbocycles. The van der Waals surface area contributed by atoms with Crippen molar-refractivity contribution in [3.05, 3.63) is 48.4 Å². The Balaban J connectivity index is 1.74. The third kappa shape index (κ3) is 3.03. The predicted molar refractivity (Wildman–Crippen MR) is 85.7 cm³/mol. The fraction of sp³-hybridized carbons (Fsp3) is 0.294. The predicted octanol–water partition coefficient (Wildman–Crippen LogP) is 3.61. The van der Waals surface area contributed by atoms with E-state index in [4.69, 9.17) is 4.42 Å². The third-order valence-electron chi connectivity index (χ3n) is 3.53. The highest BCUT2D eigenvalue weighted by Crippen LogP contribution is 2.20. The molecule has 0 bridgehead atoms. The summed E-state index contributed by atoms with van der Waals surface area (Å²) in [6.45, 7) is 2.94. The number of aryl methyl sites for hydroxylation is 2. The Hall–Kier alpha value is -2.56.